The van der Waals surface area contributed by atoms with Crippen molar-refractivity contribution in [1.29, 1.82) is 5.26 Å². The summed E-state index contributed by atoms with van der Waals surface area (Å²) in [4.78, 5) is 24.6. The van der Waals surface area contributed by atoms with Crippen LogP contribution in [0.3, 0.4) is 0 Å². The molecule has 0 atom stereocenters. The van der Waals surface area contributed by atoms with Crippen molar-refractivity contribution in [3.63, 3.8) is 0 Å². The third-order valence-corrected chi connectivity index (χ3v) is 4.21. The molecule has 0 aliphatic rings. The van der Waals surface area contributed by atoms with Gasteiger partial charge in [0.2, 0.25) is 0 Å². The van der Waals surface area contributed by atoms with E-state index in [1.165, 1.54) is 25.3 Å². The van der Waals surface area contributed by atoms with E-state index in [0.29, 0.717) is 17.9 Å². The number of anilines is 1. The average molecular weight is 429 g/mol. The lowest BCUT2D eigenvalue weighted by Gasteiger charge is -2.13. The van der Waals surface area contributed by atoms with E-state index in [1.807, 2.05) is 13.0 Å². The Bertz CT molecular complexity index is 994. The minimum atomic E-state index is -0.653. The molecule has 0 aliphatic carbocycles. The second-order valence-electron chi connectivity index (χ2n) is 5.88. The first-order chi connectivity index (χ1) is 14.4. The highest BCUT2D eigenvalue weighted by atomic mass is 35.5. The fourth-order valence-electron chi connectivity index (χ4n) is 2.52. The van der Waals surface area contributed by atoms with Crippen LogP contribution in [0.4, 0.5) is 5.69 Å². The van der Waals surface area contributed by atoms with Crippen molar-refractivity contribution < 1.29 is 23.8 Å². The van der Waals surface area contributed by atoms with Gasteiger partial charge >= 0.3 is 5.97 Å². The van der Waals surface area contributed by atoms with E-state index in [4.69, 9.17) is 25.8 Å². The number of hydrogen-bond donors (Lipinski definition) is 1. The van der Waals surface area contributed by atoms with Crippen LogP contribution >= 0.6 is 11.6 Å². The summed E-state index contributed by atoms with van der Waals surface area (Å²) in [5.41, 5.74) is 0.863. The molecular formula is C22H21ClN2O5. The lowest BCUT2D eigenvalue weighted by molar-refractivity contribution is -0.112. The highest BCUT2D eigenvalue weighted by Gasteiger charge is 2.19. The zero-order valence-electron chi connectivity index (χ0n) is 16.8. The summed E-state index contributed by atoms with van der Waals surface area (Å²) in [7, 11) is 1.38. The monoisotopic (exact) mass is 428 g/mol. The Balaban J connectivity index is 2.26. The van der Waals surface area contributed by atoms with Gasteiger partial charge in [-0.1, -0.05) is 23.7 Å². The first-order valence-electron chi connectivity index (χ1n) is 9.14. The smallest absolute Gasteiger partial charge is 0.341 e. The Labute approximate surface area is 179 Å². The predicted molar refractivity (Wildman–Crippen MR) is 114 cm³/mol. The molecule has 0 fully saturated rings. The second kappa shape index (κ2) is 10.9. The van der Waals surface area contributed by atoms with Gasteiger partial charge in [0.05, 0.1) is 31.0 Å². The zero-order chi connectivity index (χ0) is 22.1. The standard InChI is InChI=1S/C22H21ClN2O5/c1-4-29-16-8-6-14(7-9-16)10-15(13-24)21(26)25-19-12-20(28-3)17(11-18(19)23)22(27)30-5-2/h6-12H,4-5H2,1-3H3,(H,25,26)/b15-10+. The fourth-order valence-corrected chi connectivity index (χ4v) is 2.73. The number of hydrogen-bond acceptors (Lipinski definition) is 6. The molecule has 1 amide bonds. The summed E-state index contributed by atoms with van der Waals surface area (Å²) in [5.74, 6) is -0.373. The lowest BCUT2D eigenvalue weighted by Crippen LogP contribution is -2.15. The van der Waals surface area contributed by atoms with Crippen LogP contribution in [-0.4, -0.2) is 32.2 Å². The topological polar surface area (TPSA) is 97.7 Å². The molecule has 0 spiro atoms. The summed E-state index contributed by atoms with van der Waals surface area (Å²) >= 11 is 6.21. The van der Waals surface area contributed by atoms with Crippen LogP contribution in [0.15, 0.2) is 42.0 Å². The van der Waals surface area contributed by atoms with Crippen molar-refractivity contribution in [3.8, 4) is 17.6 Å². The summed E-state index contributed by atoms with van der Waals surface area (Å²) in [5, 5.41) is 12.1. The lowest BCUT2D eigenvalue weighted by atomic mass is 10.1. The summed E-state index contributed by atoms with van der Waals surface area (Å²) < 4.78 is 15.5. The van der Waals surface area contributed by atoms with E-state index in [-0.39, 0.29) is 34.2 Å². The normalized spacial score (nSPS) is 10.7. The van der Waals surface area contributed by atoms with Gasteiger partial charge in [0.25, 0.3) is 5.91 Å². The molecule has 2 rings (SSSR count). The van der Waals surface area contributed by atoms with Gasteiger partial charge in [0, 0.05) is 6.07 Å². The van der Waals surface area contributed by atoms with E-state index < -0.39 is 11.9 Å². The Morgan fingerprint density at radius 1 is 1.17 bits per heavy atom. The van der Waals surface area contributed by atoms with E-state index in [2.05, 4.69) is 5.32 Å². The van der Waals surface area contributed by atoms with Crippen molar-refractivity contribution in [2.75, 3.05) is 25.6 Å². The summed E-state index contributed by atoms with van der Waals surface area (Å²) in [6.45, 7) is 4.30. The Kier molecular flexibility index (Phi) is 8.27. The summed E-state index contributed by atoms with van der Waals surface area (Å²) in [6, 6.07) is 11.6. The average Bonchev–Trinajstić information content (AvgIpc) is 2.74. The largest absolute Gasteiger partial charge is 0.496 e. The van der Waals surface area contributed by atoms with Crippen LogP contribution in [0.2, 0.25) is 5.02 Å². The van der Waals surface area contributed by atoms with Crippen molar-refractivity contribution in [2.45, 2.75) is 13.8 Å². The van der Waals surface area contributed by atoms with E-state index in [9.17, 15) is 14.9 Å². The van der Waals surface area contributed by atoms with Gasteiger partial charge in [-0.05, 0) is 43.7 Å². The number of benzene rings is 2. The van der Waals surface area contributed by atoms with Gasteiger partial charge < -0.3 is 19.5 Å². The van der Waals surface area contributed by atoms with E-state index in [1.54, 1.807) is 31.2 Å². The number of methoxy groups -OCH3 is 1. The fraction of sp³-hybridized carbons (Fsp3) is 0.227. The minimum absolute atomic E-state index is 0.102. The zero-order valence-corrected chi connectivity index (χ0v) is 17.6. The molecule has 2 aromatic carbocycles. The molecule has 0 aliphatic heterocycles. The molecule has 7 nitrogen and oxygen atoms in total. The van der Waals surface area contributed by atoms with Crippen LogP contribution in [0.25, 0.3) is 6.08 Å². The Morgan fingerprint density at radius 2 is 1.87 bits per heavy atom. The molecule has 0 aromatic heterocycles. The van der Waals surface area contributed by atoms with E-state index >= 15 is 0 Å². The van der Waals surface area contributed by atoms with Gasteiger partial charge in [-0.3, -0.25) is 4.79 Å². The van der Waals surface area contributed by atoms with Gasteiger partial charge in [-0.15, -0.1) is 0 Å². The second-order valence-corrected chi connectivity index (χ2v) is 6.29. The van der Waals surface area contributed by atoms with Crippen LogP contribution < -0.4 is 14.8 Å². The number of carbonyl (C=O) groups is 2. The number of esters is 1. The van der Waals surface area contributed by atoms with Gasteiger partial charge in [-0.25, -0.2) is 4.79 Å². The molecule has 0 bridgehead atoms. The number of halogens is 1. The first kappa shape index (κ1) is 22.8. The van der Waals surface area contributed by atoms with Crippen molar-refractivity contribution >= 4 is 35.2 Å². The maximum Gasteiger partial charge on any atom is 0.341 e. The number of amides is 1. The highest BCUT2D eigenvalue weighted by Crippen LogP contribution is 2.32. The van der Waals surface area contributed by atoms with Gasteiger partial charge in [0.15, 0.2) is 0 Å². The predicted octanol–water partition coefficient (Wildman–Crippen LogP) is 4.47. The molecule has 0 saturated heterocycles. The number of ether oxygens (including phenoxy) is 3. The van der Waals surface area contributed by atoms with Gasteiger partial charge in [0.1, 0.15) is 28.7 Å². The minimum Gasteiger partial charge on any atom is -0.496 e. The molecule has 0 unspecified atom stereocenters. The highest BCUT2D eigenvalue weighted by molar-refractivity contribution is 6.34. The molecule has 1 N–H and O–H groups in total. The molecular weight excluding hydrogens is 408 g/mol. The van der Waals surface area contributed by atoms with Crippen LogP contribution in [0, 0.1) is 11.3 Å². The Morgan fingerprint density at radius 3 is 2.43 bits per heavy atom. The molecule has 30 heavy (non-hydrogen) atoms. The third kappa shape index (κ3) is 5.75. The SMILES string of the molecule is CCOC(=O)c1cc(Cl)c(NC(=O)/C(C#N)=C/c2ccc(OCC)cc2)cc1OC. The van der Waals surface area contributed by atoms with Crippen LogP contribution in [0.1, 0.15) is 29.8 Å². The molecule has 0 heterocycles. The van der Waals surface area contributed by atoms with Crippen molar-refractivity contribution in [3.05, 3.63) is 58.1 Å². The Hall–Kier alpha value is -3.50. The summed E-state index contributed by atoms with van der Waals surface area (Å²) in [6.07, 6.45) is 1.45. The maximum absolute atomic E-state index is 12.6. The number of rotatable bonds is 8. The van der Waals surface area contributed by atoms with Crippen LogP contribution in [0.5, 0.6) is 11.5 Å². The maximum atomic E-state index is 12.6. The molecule has 156 valence electrons. The first-order valence-corrected chi connectivity index (χ1v) is 9.51. The number of nitrogens with zero attached hydrogens (tertiary/aromatic N) is 1. The van der Waals surface area contributed by atoms with Crippen molar-refractivity contribution in [1.82, 2.24) is 0 Å². The third-order valence-electron chi connectivity index (χ3n) is 3.90. The molecule has 0 radical (unpaired) electrons. The van der Waals surface area contributed by atoms with Gasteiger partial charge in [-0.2, -0.15) is 5.26 Å². The van der Waals surface area contributed by atoms with E-state index in [0.717, 1.165) is 0 Å². The molecule has 2 aromatic rings. The van der Waals surface area contributed by atoms with Crippen molar-refractivity contribution in [2.24, 2.45) is 0 Å². The molecule has 8 heteroatoms. The number of nitriles is 1. The number of carbonyl (C=O) groups excluding carboxylic acids is 2. The number of nitrogens with one attached hydrogen (secondary N) is 1. The molecule has 0 saturated carbocycles. The quantitative estimate of drug-likeness (QED) is 0.378. The van der Waals surface area contributed by atoms with Crippen LogP contribution in [-0.2, 0) is 9.53 Å².